The zero-order chi connectivity index (χ0) is 27.1. The first-order valence-electron chi connectivity index (χ1n) is 12.1. The molecule has 0 unspecified atom stereocenters. The van der Waals surface area contributed by atoms with E-state index in [0.29, 0.717) is 29.1 Å². The lowest BCUT2D eigenvalue weighted by Gasteiger charge is -2.16. The standard InChI is InChI=1S/C30H26N6O2/c1-4-13-33-28(37)26-18-34-30(35-25-11-7-22(17-32)8-12-25)36-29(26)38-27-19(2)14-24(15-20(27)3)23-9-5-21(16-31)6-10-23/h5-12,14-15,18H,4,13H2,1-3H3,(H,33,37)(H,34,35,36). The quantitative estimate of drug-likeness (QED) is 0.295. The van der Waals surface area contributed by atoms with Crippen LogP contribution in [0.4, 0.5) is 11.6 Å². The molecule has 3 aromatic carbocycles. The Balaban J connectivity index is 1.68. The molecule has 4 aromatic rings. The van der Waals surface area contributed by atoms with Crippen molar-refractivity contribution in [3.8, 4) is 34.9 Å². The van der Waals surface area contributed by atoms with Gasteiger partial charge in [0.15, 0.2) is 0 Å². The van der Waals surface area contributed by atoms with Gasteiger partial charge < -0.3 is 15.4 Å². The predicted octanol–water partition coefficient (Wildman–Crippen LogP) is 6.18. The molecule has 0 saturated heterocycles. The maximum atomic E-state index is 12.9. The lowest BCUT2D eigenvalue weighted by Crippen LogP contribution is -2.25. The van der Waals surface area contributed by atoms with Gasteiger partial charge in [-0.3, -0.25) is 4.79 Å². The van der Waals surface area contributed by atoms with E-state index < -0.39 is 0 Å². The van der Waals surface area contributed by atoms with Crippen molar-refractivity contribution in [3.05, 3.63) is 94.7 Å². The number of nitriles is 2. The smallest absolute Gasteiger partial charge is 0.258 e. The first-order chi connectivity index (χ1) is 18.4. The number of aryl methyl sites for hydroxylation is 2. The second-order valence-corrected chi connectivity index (χ2v) is 8.71. The first kappa shape index (κ1) is 25.9. The third-order valence-corrected chi connectivity index (χ3v) is 5.81. The minimum atomic E-state index is -0.323. The van der Waals surface area contributed by atoms with E-state index in [1.165, 1.54) is 6.20 Å². The van der Waals surface area contributed by atoms with Crippen molar-refractivity contribution < 1.29 is 9.53 Å². The lowest BCUT2D eigenvalue weighted by atomic mass is 9.99. The van der Waals surface area contributed by atoms with Crippen LogP contribution in [-0.2, 0) is 0 Å². The highest BCUT2D eigenvalue weighted by Gasteiger charge is 2.19. The van der Waals surface area contributed by atoms with E-state index in [0.717, 1.165) is 28.7 Å². The summed E-state index contributed by atoms with van der Waals surface area (Å²) in [5.74, 6) is 0.648. The summed E-state index contributed by atoms with van der Waals surface area (Å²) in [6.07, 6.45) is 2.23. The van der Waals surface area contributed by atoms with Crippen LogP contribution in [0.1, 0.15) is 46.0 Å². The fourth-order valence-corrected chi connectivity index (χ4v) is 3.86. The van der Waals surface area contributed by atoms with Crippen LogP contribution in [-0.4, -0.2) is 22.4 Å². The molecule has 2 N–H and O–H groups in total. The summed E-state index contributed by atoms with van der Waals surface area (Å²) in [4.78, 5) is 21.7. The van der Waals surface area contributed by atoms with E-state index >= 15 is 0 Å². The SMILES string of the molecule is CCCNC(=O)c1cnc(Nc2ccc(C#N)cc2)nc1Oc1c(C)cc(-c2ccc(C#N)cc2)cc1C. The molecule has 0 bridgehead atoms. The van der Waals surface area contributed by atoms with E-state index in [1.54, 1.807) is 36.4 Å². The Kier molecular flexibility index (Phi) is 7.95. The molecule has 0 atom stereocenters. The van der Waals surface area contributed by atoms with Crippen molar-refractivity contribution in [2.75, 3.05) is 11.9 Å². The van der Waals surface area contributed by atoms with Crippen molar-refractivity contribution in [2.45, 2.75) is 27.2 Å². The average Bonchev–Trinajstić information content (AvgIpc) is 2.94. The number of aromatic nitrogens is 2. The van der Waals surface area contributed by atoms with Crippen molar-refractivity contribution in [1.82, 2.24) is 15.3 Å². The summed E-state index contributed by atoms with van der Waals surface area (Å²) in [6, 6.07) is 22.5. The summed E-state index contributed by atoms with van der Waals surface area (Å²) in [5.41, 5.74) is 5.76. The topological polar surface area (TPSA) is 124 Å². The van der Waals surface area contributed by atoms with E-state index in [1.807, 2.05) is 45.0 Å². The first-order valence-corrected chi connectivity index (χ1v) is 12.1. The molecule has 8 nitrogen and oxygen atoms in total. The summed E-state index contributed by atoms with van der Waals surface area (Å²) in [5, 5.41) is 24.0. The van der Waals surface area contributed by atoms with Crippen LogP contribution >= 0.6 is 0 Å². The molecule has 0 fully saturated rings. The number of rotatable bonds is 8. The van der Waals surface area contributed by atoms with Gasteiger partial charge in [0.25, 0.3) is 5.91 Å². The molecule has 8 heteroatoms. The zero-order valence-corrected chi connectivity index (χ0v) is 21.4. The van der Waals surface area contributed by atoms with E-state index in [-0.39, 0.29) is 23.3 Å². The van der Waals surface area contributed by atoms with Gasteiger partial charge in [-0.05, 0) is 91.1 Å². The molecule has 38 heavy (non-hydrogen) atoms. The van der Waals surface area contributed by atoms with Crippen LogP contribution in [0.25, 0.3) is 11.1 Å². The maximum Gasteiger partial charge on any atom is 0.258 e. The van der Waals surface area contributed by atoms with Gasteiger partial charge in [-0.25, -0.2) is 4.98 Å². The highest BCUT2D eigenvalue weighted by molar-refractivity contribution is 5.96. The summed E-state index contributed by atoms with van der Waals surface area (Å²) < 4.78 is 6.28. The van der Waals surface area contributed by atoms with Gasteiger partial charge in [-0.1, -0.05) is 19.1 Å². The molecule has 188 valence electrons. The van der Waals surface area contributed by atoms with E-state index in [2.05, 4.69) is 32.7 Å². The van der Waals surface area contributed by atoms with Gasteiger partial charge in [0.05, 0.1) is 23.3 Å². The third-order valence-electron chi connectivity index (χ3n) is 5.81. The van der Waals surface area contributed by atoms with E-state index in [9.17, 15) is 4.79 Å². The number of benzene rings is 3. The van der Waals surface area contributed by atoms with Crippen LogP contribution < -0.4 is 15.4 Å². The van der Waals surface area contributed by atoms with Gasteiger partial charge in [0, 0.05) is 18.4 Å². The fraction of sp³-hybridized carbons (Fsp3) is 0.167. The molecule has 0 radical (unpaired) electrons. The Morgan fingerprint density at radius 3 is 2.11 bits per heavy atom. The number of nitrogens with one attached hydrogen (secondary N) is 2. The molecular weight excluding hydrogens is 476 g/mol. The molecule has 0 saturated carbocycles. The van der Waals surface area contributed by atoms with Gasteiger partial charge in [-0.15, -0.1) is 0 Å². The molecule has 0 aliphatic heterocycles. The summed E-state index contributed by atoms with van der Waals surface area (Å²) >= 11 is 0. The van der Waals surface area contributed by atoms with E-state index in [4.69, 9.17) is 15.3 Å². The Morgan fingerprint density at radius 1 is 0.921 bits per heavy atom. The van der Waals surface area contributed by atoms with Crippen molar-refractivity contribution in [1.29, 1.82) is 10.5 Å². The zero-order valence-electron chi connectivity index (χ0n) is 21.4. The summed E-state index contributed by atoms with van der Waals surface area (Å²) in [6.45, 7) is 6.36. The third kappa shape index (κ3) is 5.95. The van der Waals surface area contributed by atoms with Gasteiger partial charge in [0.1, 0.15) is 11.3 Å². The van der Waals surface area contributed by atoms with Gasteiger partial charge in [0.2, 0.25) is 11.8 Å². The molecule has 0 aliphatic rings. The number of hydrogen-bond acceptors (Lipinski definition) is 7. The lowest BCUT2D eigenvalue weighted by molar-refractivity contribution is 0.0950. The molecule has 1 amide bonds. The monoisotopic (exact) mass is 502 g/mol. The normalized spacial score (nSPS) is 10.2. The summed E-state index contributed by atoms with van der Waals surface area (Å²) in [7, 11) is 0. The average molecular weight is 503 g/mol. The number of hydrogen-bond donors (Lipinski definition) is 2. The molecule has 1 aromatic heterocycles. The van der Waals surface area contributed by atoms with Crippen LogP contribution in [0, 0.1) is 36.5 Å². The Morgan fingerprint density at radius 2 is 1.53 bits per heavy atom. The number of amides is 1. The maximum absolute atomic E-state index is 12.9. The largest absolute Gasteiger partial charge is 0.437 e. The van der Waals surface area contributed by atoms with Crippen molar-refractivity contribution >= 4 is 17.5 Å². The minimum Gasteiger partial charge on any atom is -0.437 e. The number of nitrogens with zero attached hydrogens (tertiary/aromatic N) is 4. The Bertz CT molecular complexity index is 1530. The Hall–Kier alpha value is -5.21. The van der Waals surface area contributed by atoms with Crippen molar-refractivity contribution in [2.24, 2.45) is 0 Å². The number of anilines is 2. The molecule has 1 heterocycles. The molecule has 4 rings (SSSR count). The van der Waals surface area contributed by atoms with Crippen LogP contribution in [0.2, 0.25) is 0 Å². The Labute approximate surface area is 221 Å². The number of carbonyl (C=O) groups excluding carboxylic acids is 1. The second kappa shape index (κ2) is 11.7. The van der Waals surface area contributed by atoms with Gasteiger partial charge >= 0.3 is 0 Å². The molecule has 0 spiro atoms. The highest BCUT2D eigenvalue weighted by atomic mass is 16.5. The fourth-order valence-electron chi connectivity index (χ4n) is 3.86. The van der Waals surface area contributed by atoms with Crippen LogP contribution in [0.3, 0.4) is 0 Å². The second-order valence-electron chi connectivity index (χ2n) is 8.71. The minimum absolute atomic E-state index is 0.127. The van der Waals surface area contributed by atoms with Gasteiger partial charge in [-0.2, -0.15) is 15.5 Å². The van der Waals surface area contributed by atoms with Crippen LogP contribution in [0.5, 0.6) is 11.6 Å². The number of carbonyl (C=O) groups is 1. The predicted molar refractivity (Wildman–Crippen MR) is 145 cm³/mol. The highest BCUT2D eigenvalue weighted by Crippen LogP contribution is 2.34. The molecular formula is C30H26N6O2. The van der Waals surface area contributed by atoms with Crippen LogP contribution in [0.15, 0.2) is 66.9 Å². The molecule has 0 aliphatic carbocycles. The van der Waals surface area contributed by atoms with Crippen molar-refractivity contribution in [3.63, 3.8) is 0 Å². The number of ether oxygens (including phenoxy) is 1.